The molecule has 5 nitrogen and oxygen atoms in total. The van der Waals surface area contributed by atoms with E-state index in [2.05, 4.69) is 10.3 Å². The summed E-state index contributed by atoms with van der Waals surface area (Å²) in [6.45, 7) is 1.89. The average Bonchev–Trinajstić information content (AvgIpc) is 3.23. The smallest absolute Gasteiger partial charge is 0.255 e. The summed E-state index contributed by atoms with van der Waals surface area (Å²) < 4.78 is 5.38. The third-order valence-electron chi connectivity index (χ3n) is 5.41. The Balaban J connectivity index is 1.53. The molecule has 0 aliphatic carbocycles. The van der Waals surface area contributed by atoms with E-state index in [9.17, 15) is 4.79 Å². The van der Waals surface area contributed by atoms with E-state index >= 15 is 0 Å². The standard InChI is InChI=1S/C19H23N3O2/c1-12-16(7-8-17(20-12)18-4-3-9-24-18)19(23)22(2)15-10-13-5-6-14(11-15)21-13/h3-4,7-9,13-15,21H,5-6,10-11H2,1-2H3. The van der Waals surface area contributed by atoms with E-state index < -0.39 is 0 Å². The van der Waals surface area contributed by atoms with Crippen molar-refractivity contribution in [2.75, 3.05) is 7.05 Å². The number of hydrogen-bond donors (Lipinski definition) is 1. The first-order chi connectivity index (χ1) is 11.6. The first-order valence-corrected chi connectivity index (χ1v) is 8.66. The van der Waals surface area contributed by atoms with E-state index in [1.54, 1.807) is 6.26 Å². The van der Waals surface area contributed by atoms with Gasteiger partial charge in [-0.1, -0.05) is 0 Å². The highest BCUT2D eigenvalue weighted by Crippen LogP contribution is 2.30. The molecule has 4 heterocycles. The minimum Gasteiger partial charge on any atom is -0.463 e. The Kier molecular flexibility index (Phi) is 3.88. The van der Waals surface area contributed by atoms with Gasteiger partial charge in [0.05, 0.1) is 17.5 Å². The van der Waals surface area contributed by atoms with Crippen molar-refractivity contribution in [3.8, 4) is 11.5 Å². The molecular weight excluding hydrogens is 302 g/mol. The number of aromatic nitrogens is 1. The number of carbonyl (C=O) groups excluding carboxylic acids is 1. The van der Waals surface area contributed by atoms with Gasteiger partial charge in [-0.05, 0) is 56.9 Å². The summed E-state index contributed by atoms with van der Waals surface area (Å²) in [4.78, 5) is 19.4. The minimum atomic E-state index is 0.0669. The molecule has 2 aromatic rings. The predicted molar refractivity (Wildman–Crippen MR) is 91.7 cm³/mol. The molecule has 2 unspecified atom stereocenters. The summed E-state index contributed by atoms with van der Waals surface area (Å²) in [5.74, 6) is 0.790. The van der Waals surface area contributed by atoms with Gasteiger partial charge in [0.25, 0.3) is 5.91 Å². The first kappa shape index (κ1) is 15.4. The van der Waals surface area contributed by atoms with Crippen LogP contribution in [-0.4, -0.2) is 41.0 Å². The van der Waals surface area contributed by atoms with Crippen LogP contribution < -0.4 is 5.32 Å². The summed E-state index contributed by atoms with van der Waals surface area (Å²) in [6, 6.07) is 8.91. The number of nitrogens with zero attached hydrogens (tertiary/aromatic N) is 2. The molecule has 2 aliphatic heterocycles. The summed E-state index contributed by atoms with van der Waals surface area (Å²) in [5, 5.41) is 3.63. The molecule has 2 bridgehead atoms. The number of fused-ring (bicyclic) bond motifs is 2. The maximum atomic E-state index is 12.9. The lowest BCUT2D eigenvalue weighted by molar-refractivity contribution is 0.0680. The number of hydrogen-bond acceptors (Lipinski definition) is 4. The van der Waals surface area contributed by atoms with Gasteiger partial charge in [0.1, 0.15) is 5.69 Å². The van der Waals surface area contributed by atoms with Crippen LogP contribution >= 0.6 is 0 Å². The van der Waals surface area contributed by atoms with Crippen LogP contribution in [0.4, 0.5) is 0 Å². The molecular formula is C19H23N3O2. The molecule has 1 amide bonds. The van der Waals surface area contributed by atoms with Crippen LogP contribution in [0, 0.1) is 6.92 Å². The monoisotopic (exact) mass is 325 g/mol. The molecule has 5 heteroatoms. The van der Waals surface area contributed by atoms with Crippen molar-refractivity contribution in [2.24, 2.45) is 0 Å². The summed E-state index contributed by atoms with van der Waals surface area (Å²) in [5.41, 5.74) is 2.19. The van der Waals surface area contributed by atoms with E-state index in [-0.39, 0.29) is 5.91 Å². The Labute approximate surface area is 142 Å². The Morgan fingerprint density at radius 2 is 2.00 bits per heavy atom. The molecule has 2 aromatic heterocycles. The molecule has 0 spiro atoms. The van der Waals surface area contributed by atoms with Crippen LogP contribution in [0.25, 0.3) is 11.5 Å². The van der Waals surface area contributed by atoms with Crippen molar-refractivity contribution in [1.29, 1.82) is 0 Å². The Bertz CT molecular complexity index is 729. The second-order valence-electron chi connectivity index (χ2n) is 6.99. The highest BCUT2D eigenvalue weighted by Gasteiger charge is 2.36. The third-order valence-corrected chi connectivity index (χ3v) is 5.41. The van der Waals surface area contributed by atoms with Gasteiger partial charge in [-0.3, -0.25) is 4.79 Å². The van der Waals surface area contributed by atoms with Crippen molar-refractivity contribution in [1.82, 2.24) is 15.2 Å². The summed E-state index contributed by atoms with van der Waals surface area (Å²) >= 11 is 0. The molecule has 2 fully saturated rings. The van der Waals surface area contributed by atoms with E-state index in [1.165, 1.54) is 12.8 Å². The zero-order valence-corrected chi connectivity index (χ0v) is 14.2. The number of amides is 1. The first-order valence-electron chi connectivity index (χ1n) is 8.66. The van der Waals surface area contributed by atoms with Gasteiger partial charge >= 0.3 is 0 Å². The van der Waals surface area contributed by atoms with Crippen LogP contribution in [0.3, 0.4) is 0 Å². The molecule has 126 valence electrons. The normalized spacial score (nSPS) is 25.7. The molecule has 1 N–H and O–H groups in total. The van der Waals surface area contributed by atoms with Crippen molar-refractivity contribution < 1.29 is 9.21 Å². The van der Waals surface area contributed by atoms with Gasteiger partial charge in [0, 0.05) is 25.2 Å². The molecule has 2 saturated heterocycles. The van der Waals surface area contributed by atoms with E-state index in [4.69, 9.17) is 4.42 Å². The SMILES string of the molecule is Cc1nc(-c2ccco2)ccc1C(=O)N(C)C1CC2CCC(C1)N2. The number of furan rings is 1. The van der Waals surface area contributed by atoms with Crippen molar-refractivity contribution in [2.45, 2.75) is 50.7 Å². The number of aryl methyl sites for hydroxylation is 1. The molecule has 0 saturated carbocycles. The van der Waals surface area contributed by atoms with E-state index in [0.29, 0.717) is 23.7 Å². The van der Waals surface area contributed by atoms with E-state index in [0.717, 1.165) is 30.0 Å². The third kappa shape index (κ3) is 2.73. The molecule has 2 aliphatic rings. The Morgan fingerprint density at radius 1 is 1.25 bits per heavy atom. The fraction of sp³-hybridized carbons (Fsp3) is 0.474. The zero-order chi connectivity index (χ0) is 16.7. The van der Waals surface area contributed by atoms with Crippen LogP contribution in [-0.2, 0) is 0 Å². The largest absolute Gasteiger partial charge is 0.463 e. The zero-order valence-electron chi connectivity index (χ0n) is 14.2. The van der Waals surface area contributed by atoms with Gasteiger partial charge in [0.2, 0.25) is 0 Å². The second-order valence-corrected chi connectivity index (χ2v) is 6.99. The molecule has 2 atom stereocenters. The van der Waals surface area contributed by atoms with Gasteiger partial charge in [0.15, 0.2) is 5.76 Å². The summed E-state index contributed by atoms with van der Waals surface area (Å²) in [7, 11) is 1.93. The molecule has 24 heavy (non-hydrogen) atoms. The fourth-order valence-electron chi connectivity index (χ4n) is 4.05. The van der Waals surface area contributed by atoms with Gasteiger partial charge in [-0.2, -0.15) is 0 Å². The van der Waals surface area contributed by atoms with Gasteiger partial charge in [-0.15, -0.1) is 0 Å². The highest BCUT2D eigenvalue weighted by atomic mass is 16.3. The molecule has 4 rings (SSSR count). The number of nitrogens with one attached hydrogen (secondary N) is 1. The molecule has 0 radical (unpaired) electrons. The number of piperidine rings is 1. The average molecular weight is 325 g/mol. The molecule has 0 aromatic carbocycles. The Hall–Kier alpha value is -2.14. The maximum absolute atomic E-state index is 12.9. The van der Waals surface area contributed by atoms with Crippen molar-refractivity contribution >= 4 is 5.91 Å². The highest BCUT2D eigenvalue weighted by molar-refractivity contribution is 5.95. The number of pyridine rings is 1. The lowest BCUT2D eigenvalue weighted by Gasteiger charge is -2.35. The topological polar surface area (TPSA) is 58.4 Å². The van der Waals surface area contributed by atoms with Crippen molar-refractivity contribution in [3.63, 3.8) is 0 Å². The van der Waals surface area contributed by atoms with Crippen LogP contribution in [0.15, 0.2) is 34.9 Å². The van der Waals surface area contributed by atoms with Crippen LogP contribution in [0.2, 0.25) is 0 Å². The lowest BCUT2D eigenvalue weighted by atomic mass is 9.97. The minimum absolute atomic E-state index is 0.0669. The second kappa shape index (κ2) is 6.06. The fourth-order valence-corrected chi connectivity index (χ4v) is 4.05. The van der Waals surface area contributed by atoms with Crippen molar-refractivity contribution in [3.05, 3.63) is 41.8 Å². The Morgan fingerprint density at radius 3 is 2.62 bits per heavy atom. The number of carbonyl (C=O) groups is 1. The summed E-state index contributed by atoms with van der Waals surface area (Å²) in [6.07, 6.45) is 6.21. The van der Waals surface area contributed by atoms with Crippen LogP contribution in [0.5, 0.6) is 0 Å². The van der Waals surface area contributed by atoms with Gasteiger partial charge in [-0.25, -0.2) is 4.98 Å². The maximum Gasteiger partial charge on any atom is 0.255 e. The lowest BCUT2D eigenvalue weighted by Crippen LogP contribution is -2.48. The number of rotatable bonds is 3. The quantitative estimate of drug-likeness (QED) is 0.942. The van der Waals surface area contributed by atoms with Gasteiger partial charge < -0.3 is 14.6 Å². The predicted octanol–water partition coefficient (Wildman–Crippen LogP) is 3.01. The van der Waals surface area contributed by atoms with Crippen LogP contribution in [0.1, 0.15) is 41.7 Å². The van der Waals surface area contributed by atoms with E-state index in [1.807, 2.05) is 43.1 Å².